The molecule has 1 atom stereocenters. The molecule has 1 aliphatic rings. The molecule has 0 spiro atoms. The number of carbonyl (C=O) groups is 2. The second-order valence-corrected chi connectivity index (χ2v) is 6.56. The highest BCUT2D eigenvalue weighted by atomic mass is 16.5. The first-order chi connectivity index (χ1) is 13.5. The molecule has 8 heteroatoms. The lowest BCUT2D eigenvalue weighted by molar-refractivity contribution is -0.143. The van der Waals surface area contributed by atoms with Crippen molar-refractivity contribution < 1.29 is 24.2 Å². The Balaban J connectivity index is 1.55. The van der Waals surface area contributed by atoms with Gasteiger partial charge in [0.15, 0.2) is 0 Å². The maximum Gasteiger partial charge on any atom is 0.317 e. The first kappa shape index (κ1) is 19.5. The van der Waals surface area contributed by atoms with Crippen LogP contribution in [-0.2, 0) is 11.3 Å². The molecule has 8 nitrogen and oxygen atoms in total. The summed E-state index contributed by atoms with van der Waals surface area (Å²) in [4.78, 5) is 29.2. The van der Waals surface area contributed by atoms with Crippen molar-refractivity contribution in [1.29, 1.82) is 0 Å². The Morgan fingerprint density at radius 1 is 1.25 bits per heavy atom. The van der Waals surface area contributed by atoms with Crippen molar-refractivity contribution in [1.82, 2.24) is 15.2 Å². The average molecular weight is 385 g/mol. The lowest BCUT2D eigenvalue weighted by atomic mass is 9.99. The molecule has 0 aliphatic carbocycles. The quantitative estimate of drug-likeness (QED) is 0.793. The third-order valence-electron chi connectivity index (χ3n) is 4.58. The first-order valence-corrected chi connectivity index (χ1v) is 9.07. The summed E-state index contributed by atoms with van der Waals surface area (Å²) in [5, 5.41) is 12.0. The van der Waals surface area contributed by atoms with Crippen molar-refractivity contribution in [3.8, 4) is 17.4 Å². The number of amides is 2. The van der Waals surface area contributed by atoms with Crippen LogP contribution in [0.5, 0.6) is 17.4 Å². The van der Waals surface area contributed by atoms with Gasteiger partial charge in [0.05, 0.1) is 13.0 Å². The Bertz CT molecular complexity index is 825. The van der Waals surface area contributed by atoms with Crippen LogP contribution in [0.4, 0.5) is 4.79 Å². The number of aliphatic carboxylic acids is 1. The normalized spacial score (nSPS) is 16.3. The van der Waals surface area contributed by atoms with E-state index in [0.29, 0.717) is 37.6 Å². The van der Waals surface area contributed by atoms with Gasteiger partial charge in [-0.3, -0.25) is 4.79 Å². The second kappa shape index (κ2) is 9.07. The third-order valence-corrected chi connectivity index (χ3v) is 4.58. The van der Waals surface area contributed by atoms with E-state index in [2.05, 4.69) is 10.3 Å². The molecule has 28 heavy (non-hydrogen) atoms. The standard InChI is InChI=1S/C20H23N3O5/c1-27-16-4-6-17(7-5-16)28-18-11-14(8-9-21-18)12-22-20(26)23-10-2-3-15(13-23)19(24)25/h4-9,11,15H,2-3,10,12-13H2,1H3,(H,22,26)(H,24,25). The number of carboxylic acid groups (broad SMARTS) is 1. The van der Waals surface area contributed by atoms with E-state index in [1.807, 2.05) is 0 Å². The number of hydrogen-bond donors (Lipinski definition) is 2. The number of hydrogen-bond acceptors (Lipinski definition) is 5. The van der Waals surface area contributed by atoms with Gasteiger partial charge < -0.3 is 24.8 Å². The highest BCUT2D eigenvalue weighted by Gasteiger charge is 2.27. The van der Waals surface area contributed by atoms with Crippen LogP contribution in [0.3, 0.4) is 0 Å². The third kappa shape index (κ3) is 5.12. The molecule has 1 aromatic heterocycles. The molecule has 1 unspecified atom stereocenters. The molecule has 1 saturated heterocycles. The first-order valence-electron chi connectivity index (χ1n) is 9.07. The number of piperidine rings is 1. The number of ether oxygens (including phenoxy) is 2. The van der Waals surface area contributed by atoms with Crippen LogP contribution in [0.2, 0.25) is 0 Å². The van der Waals surface area contributed by atoms with Gasteiger partial charge in [-0.25, -0.2) is 9.78 Å². The van der Waals surface area contributed by atoms with E-state index in [4.69, 9.17) is 14.6 Å². The van der Waals surface area contributed by atoms with Crippen molar-refractivity contribution in [2.75, 3.05) is 20.2 Å². The fourth-order valence-electron chi connectivity index (χ4n) is 3.03. The minimum Gasteiger partial charge on any atom is -0.497 e. The number of likely N-dealkylation sites (tertiary alicyclic amines) is 1. The minimum absolute atomic E-state index is 0.239. The van der Waals surface area contributed by atoms with E-state index in [1.165, 1.54) is 0 Å². The van der Waals surface area contributed by atoms with Gasteiger partial charge in [-0.05, 0) is 48.7 Å². The molecule has 0 bridgehead atoms. The van der Waals surface area contributed by atoms with Gasteiger partial charge in [0.1, 0.15) is 11.5 Å². The SMILES string of the molecule is COc1ccc(Oc2cc(CNC(=O)N3CCCC(C(=O)O)C3)ccn2)cc1. The van der Waals surface area contributed by atoms with Gasteiger partial charge >= 0.3 is 12.0 Å². The molecular weight excluding hydrogens is 362 g/mol. The molecule has 0 radical (unpaired) electrons. The molecule has 2 heterocycles. The Hall–Kier alpha value is -3.29. The zero-order chi connectivity index (χ0) is 19.9. The molecule has 2 amide bonds. The van der Waals surface area contributed by atoms with Crippen LogP contribution in [0.1, 0.15) is 18.4 Å². The molecule has 148 valence electrons. The molecule has 1 aliphatic heterocycles. The van der Waals surface area contributed by atoms with Crippen LogP contribution >= 0.6 is 0 Å². The number of aromatic nitrogens is 1. The van der Waals surface area contributed by atoms with Gasteiger partial charge in [0.25, 0.3) is 0 Å². The van der Waals surface area contributed by atoms with E-state index in [9.17, 15) is 9.59 Å². The zero-order valence-corrected chi connectivity index (χ0v) is 15.6. The average Bonchev–Trinajstić information content (AvgIpc) is 2.73. The summed E-state index contributed by atoms with van der Waals surface area (Å²) in [6.07, 6.45) is 2.91. The molecular formula is C20H23N3O5. The summed E-state index contributed by atoms with van der Waals surface area (Å²) in [6.45, 7) is 1.11. The Morgan fingerprint density at radius 3 is 2.71 bits per heavy atom. The molecule has 0 saturated carbocycles. The van der Waals surface area contributed by atoms with Gasteiger partial charge in [-0.15, -0.1) is 0 Å². The molecule has 1 aromatic carbocycles. The summed E-state index contributed by atoms with van der Waals surface area (Å²) >= 11 is 0. The van der Waals surface area contributed by atoms with Crippen LogP contribution < -0.4 is 14.8 Å². The van der Waals surface area contributed by atoms with E-state index in [-0.39, 0.29) is 12.6 Å². The maximum atomic E-state index is 12.3. The maximum absolute atomic E-state index is 12.3. The number of nitrogens with zero attached hydrogens (tertiary/aromatic N) is 2. The Labute approximate surface area is 163 Å². The number of methoxy groups -OCH3 is 1. The molecule has 1 fully saturated rings. The molecule has 3 rings (SSSR count). The lowest BCUT2D eigenvalue weighted by Gasteiger charge is -2.30. The number of carboxylic acids is 1. The zero-order valence-electron chi connectivity index (χ0n) is 15.6. The highest BCUT2D eigenvalue weighted by Crippen LogP contribution is 2.23. The summed E-state index contributed by atoms with van der Waals surface area (Å²) < 4.78 is 10.8. The van der Waals surface area contributed by atoms with Gasteiger partial charge in [0, 0.05) is 31.9 Å². The fourth-order valence-corrected chi connectivity index (χ4v) is 3.03. The monoisotopic (exact) mass is 385 g/mol. The largest absolute Gasteiger partial charge is 0.497 e. The number of benzene rings is 1. The lowest BCUT2D eigenvalue weighted by Crippen LogP contribution is -2.46. The second-order valence-electron chi connectivity index (χ2n) is 6.56. The topological polar surface area (TPSA) is 101 Å². The van der Waals surface area contributed by atoms with E-state index < -0.39 is 11.9 Å². The highest BCUT2D eigenvalue weighted by molar-refractivity contribution is 5.76. The van der Waals surface area contributed by atoms with E-state index in [1.54, 1.807) is 54.6 Å². The summed E-state index contributed by atoms with van der Waals surface area (Å²) in [7, 11) is 1.60. The van der Waals surface area contributed by atoms with Crippen LogP contribution in [0.15, 0.2) is 42.6 Å². The number of rotatable bonds is 6. The molecule has 2 aromatic rings. The van der Waals surface area contributed by atoms with E-state index in [0.717, 1.165) is 11.3 Å². The molecule has 2 N–H and O–H groups in total. The number of urea groups is 1. The Morgan fingerprint density at radius 2 is 2.00 bits per heavy atom. The number of pyridine rings is 1. The van der Waals surface area contributed by atoms with Crippen molar-refractivity contribution in [3.63, 3.8) is 0 Å². The van der Waals surface area contributed by atoms with Gasteiger partial charge in [-0.1, -0.05) is 0 Å². The number of carbonyl (C=O) groups excluding carboxylic acids is 1. The number of nitrogens with one attached hydrogen (secondary N) is 1. The predicted octanol–water partition coefficient (Wildman–Crippen LogP) is 2.89. The Kier molecular flexibility index (Phi) is 6.31. The van der Waals surface area contributed by atoms with Crippen LogP contribution in [-0.4, -0.2) is 47.2 Å². The van der Waals surface area contributed by atoms with Crippen molar-refractivity contribution in [3.05, 3.63) is 48.2 Å². The van der Waals surface area contributed by atoms with Crippen molar-refractivity contribution in [2.45, 2.75) is 19.4 Å². The minimum atomic E-state index is -0.855. The summed E-state index contributed by atoms with van der Waals surface area (Å²) in [6, 6.07) is 10.4. The fraction of sp³-hybridized carbons (Fsp3) is 0.350. The summed E-state index contributed by atoms with van der Waals surface area (Å²) in [5.74, 6) is 0.430. The van der Waals surface area contributed by atoms with E-state index >= 15 is 0 Å². The van der Waals surface area contributed by atoms with Crippen LogP contribution in [0, 0.1) is 5.92 Å². The smallest absolute Gasteiger partial charge is 0.317 e. The van der Waals surface area contributed by atoms with Gasteiger partial charge in [0.2, 0.25) is 5.88 Å². The predicted molar refractivity (Wildman–Crippen MR) is 101 cm³/mol. The van der Waals surface area contributed by atoms with Crippen LogP contribution in [0.25, 0.3) is 0 Å². The summed E-state index contributed by atoms with van der Waals surface area (Å²) in [5.41, 5.74) is 0.832. The van der Waals surface area contributed by atoms with Crippen molar-refractivity contribution in [2.24, 2.45) is 5.92 Å². The van der Waals surface area contributed by atoms with Crippen molar-refractivity contribution >= 4 is 12.0 Å². The van der Waals surface area contributed by atoms with Gasteiger partial charge in [-0.2, -0.15) is 0 Å².